The monoisotopic (exact) mass is 244 g/mol. The van der Waals surface area contributed by atoms with Gasteiger partial charge in [0.15, 0.2) is 0 Å². The molecule has 0 atom stereocenters. The van der Waals surface area contributed by atoms with Crippen LogP contribution in [0.5, 0.6) is 11.5 Å². The van der Waals surface area contributed by atoms with Crippen molar-refractivity contribution < 1.29 is 9.47 Å². The van der Waals surface area contributed by atoms with Crippen LogP contribution >= 0.6 is 0 Å². The molecule has 2 rings (SSSR count). The SMILES string of the molecule is COc1ccc(Nc2ccccc2OC)cc1N. The first-order valence-electron chi connectivity index (χ1n) is 5.58. The first kappa shape index (κ1) is 12.1. The van der Waals surface area contributed by atoms with Gasteiger partial charge in [0.1, 0.15) is 11.5 Å². The third-order valence-electron chi connectivity index (χ3n) is 2.62. The largest absolute Gasteiger partial charge is 0.495 e. The molecule has 0 fully saturated rings. The molecule has 3 N–H and O–H groups in total. The number of methoxy groups -OCH3 is 2. The number of rotatable bonds is 4. The van der Waals surface area contributed by atoms with Gasteiger partial charge in [0.25, 0.3) is 0 Å². The van der Waals surface area contributed by atoms with E-state index in [1.807, 2.05) is 42.5 Å². The van der Waals surface area contributed by atoms with Crippen LogP contribution in [0.25, 0.3) is 0 Å². The lowest BCUT2D eigenvalue weighted by Crippen LogP contribution is -1.97. The van der Waals surface area contributed by atoms with Crippen molar-refractivity contribution in [1.29, 1.82) is 0 Å². The van der Waals surface area contributed by atoms with Gasteiger partial charge >= 0.3 is 0 Å². The highest BCUT2D eigenvalue weighted by Crippen LogP contribution is 2.30. The Morgan fingerprint density at radius 1 is 0.944 bits per heavy atom. The molecule has 94 valence electrons. The van der Waals surface area contributed by atoms with Crippen LogP contribution in [-0.2, 0) is 0 Å². The van der Waals surface area contributed by atoms with Crippen LogP contribution in [0.1, 0.15) is 0 Å². The Kier molecular flexibility index (Phi) is 3.57. The number of hydrogen-bond acceptors (Lipinski definition) is 4. The number of hydrogen-bond donors (Lipinski definition) is 2. The van der Waals surface area contributed by atoms with Gasteiger partial charge in [0.05, 0.1) is 25.6 Å². The van der Waals surface area contributed by atoms with Crippen molar-refractivity contribution in [3.8, 4) is 11.5 Å². The molecule has 0 saturated carbocycles. The highest BCUT2D eigenvalue weighted by molar-refractivity contribution is 5.70. The quantitative estimate of drug-likeness (QED) is 0.812. The van der Waals surface area contributed by atoms with Crippen LogP contribution in [-0.4, -0.2) is 14.2 Å². The zero-order valence-electron chi connectivity index (χ0n) is 10.4. The van der Waals surface area contributed by atoms with E-state index in [1.54, 1.807) is 14.2 Å². The normalized spacial score (nSPS) is 9.89. The van der Waals surface area contributed by atoms with Crippen molar-refractivity contribution in [1.82, 2.24) is 0 Å². The van der Waals surface area contributed by atoms with Crippen molar-refractivity contribution in [3.63, 3.8) is 0 Å². The molecular formula is C14H16N2O2. The van der Waals surface area contributed by atoms with Crippen LogP contribution in [0.3, 0.4) is 0 Å². The highest BCUT2D eigenvalue weighted by Gasteiger charge is 2.04. The second kappa shape index (κ2) is 5.31. The Morgan fingerprint density at radius 3 is 2.33 bits per heavy atom. The molecule has 4 heteroatoms. The van der Waals surface area contributed by atoms with Gasteiger partial charge in [-0.15, -0.1) is 0 Å². The van der Waals surface area contributed by atoms with Gasteiger partial charge in [-0.05, 0) is 30.3 Å². The molecule has 0 aromatic heterocycles. The van der Waals surface area contributed by atoms with E-state index in [4.69, 9.17) is 15.2 Å². The van der Waals surface area contributed by atoms with Crippen LogP contribution in [0.4, 0.5) is 17.1 Å². The lowest BCUT2D eigenvalue weighted by Gasteiger charge is -2.12. The Balaban J connectivity index is 2.26. The lowest BCUT2D eigenvalue weighted by atomic mass is 10.2. The Morgan fingerprint density at radius 2 is 1.67 bits per heavy atom. The topological polar surface area (TPSA) is 56.5 Å². The molecular weight excluding hydrogens is 228 g/mol. The summed E-state index contributed by atoms with van der Waals surface area (Å²) in [7, 11) is 3.24. The van der Waals surface area contributed by atoms with E-state index in [-0.39, 0.29) is 0 Å². The second-order valence-electron chi connectivity index (χ2n) is 3.78. The fourth-order valence-corrected chi connectivity index (χ4v) is 1.72. The van der Waals surface area contributed by atoms with Crippen molar-refractivity contribution in [2.75, 3.05) is 25.3 Å². The Labute approximate surface area is 106 Å². The molecule has 2 aromatic rings. The molecule has 0 amide bonds. The fourth-order valence-electron chi connectivity index (χ4n) is 1.72. The minimum absolute atomic E-state index is 0.595. The average Bonchev–Trinajstić information content (AvgIpc) is 2.39. The molecule has 0 heterocycles. The summed E-state index contributed by atoms with van der Waals surface area (Å²) in [6.07, 6.45) is 0. The van der Waals surface area contributed by atoms with Gasteiger partial charge in [0, 0.05) is 5.69 Å². The number of anilines is 3. The summed E-state index contributed by atoms with van der Waals surface area (Å²) in [6, 6.07) is 13.3. The molecule has 4 nitrogen and oxygen atoms in total. The average molecular weight is 244 g/mol. The molecule has 0 spiro atoms. The van der Waals surface area contributed by atoms with E-state index in [9.17, 15) is 0 Å². The van der Waals surface area contributed by atoms with E-state index in [0.29, 0.717) is 11.4 Å². The van der Waals surface area contributed by atoms with E-state index >= 15 is 0 Å². The predicted octanol–water partition coefficient (Wildman–Crippen LogP) is 3.03. The first-order valence-corrected chi connectivity index (χ1v) is 5.58. The smallest absolute Gasteiger partial charge is 0.142 e. The standard InChI is InChI=1S/C14H16N2O2/c1-17-13-8-7-10(9-11(13)15)16-12-5-3-4-6-14(12)18-2/h3-9,16H,15H2,1-2H3. The minimum atomic E-state index is 0.595. The number of nitrogen functional groups attached to an aromatic ring is 1. The maximum atomic E-state index is 5.86. The van der Waals surface area contributed by atoms with Gasteiger partial charge in [-0.3, -0.25) is 0 Å². The van der Waals surface area contributed by atoms with Gasteiger partial charge in [-0.1, -0.05) is 12.1 Å². The Hall–Kier alpha value is -2.36. The lowest BCUT2D eigenvalue weighted by molar-refractivity contribution is 0.416. The van der Waals surface area contributed by atoms with Gasteiger partial charge in [-0.2, -0.15) is 0 Å². The maximum absolute atomic E-state index is 5.86. The molecule has 18 heavy (non-hydrogen) atoms. The molecule has 2 aromatic carbocycles. The summed E-state index contributed by atoms with van der Waals surface area (Å²) in [5, 5.41) is 3.26. The Bertz CT molecular complexity index is 541. The van der Waals surface area contributed by atoms with E-state index in [0.717, 1.165) is 17.1 Å². The zero-order chi connectivity index (χ0) is 13.0. The third kappa shape index (κ3) is 2.48. The van der Waals surface area contributed by atoms with Crippen molar-refractivity contribution in [3.05, 3.63) is 42.5 Å². The summed E-state index contributed by atoms with van der Waals surface area (Å²) in [5.74, 6) is 1.45. The maximum Gasteiger partial charge on any atom is 0.142 e. The van der Waals surface area contributed by atoms with Crippen molar-refractivity contribution in [2.24, 2.45) is 0 Å². The highest BCUT2D eigenvalue weighted by atomic mass is 16.5. The van der Waals surface area contributed by atoms with Crippen LogP contribution < -0.4 is 20.5 Å². The molecule has 0 bridgehead atoms. The van der Waals surface area contributed by atoms with Gasteiger partial charge in [-0.25, -0.2) is 0 Å². The number of nitrogens with two attached hydrogens (primary N) is 1. The van der Waals surface area contributed by atoms with Crippen LogP contribution in [0.15, 0.2) is 42.5 Å². The fraction of sp³-hybridized carbons (Fsp3) is 0.143. The molecule has 0 unspecified atom stereocenters. The number of nitrogens with one attached hydrogen (secondary N) is 1. The van der Waals surface area contributed by atoms with E-state index in [1.165, 1.54) is 0 Å². The van der Waals surface area contributed by atoms with Gasteiger partial charge < -0.3 is 20.5 Å². The van der Waals surface area contributed by atoms with Crippen LogP contribution in [0.2, 0.25) is 0 Å². The summed E-state index contributed by atoms with van der Waals surface area (Å²) in [5.41, 5.74) is 8.23. The van der Waals surface area contributed by atoms with E-state index in [2.05, 4.69) is 5.32 Å². The zero-order valence-corrected chi connectivity index (χ0v) is 10.4. The second-order valence-corrected chi connectivity index (χ2v) is 3.78. The number of benzene rings is 2. The summed E-state index contributed by atoms with van der Waals surface area (Å²) < 4.78 is 10.4. The van der Waals surface area contributed by atoms with Gasteiger partial charge in [0.2, 0.25) is 0 Å². The summed E-state index contributed by atoms with van der Waals surface area (Å²) in [4.78, 5) is 0. The first-order chi connectivity index (χ1) is 8.74. The van der Waals surface area contributed by atoms with Crippen molar-refractivity contribution in [2.45, 2.75) is 0 Å². The number of para-hydroxylation sites is 2. The van der Waals surface area contributed by atoms with Crippen molar-refractivity contribution >= 4 is 17.1 Å². The molecule has 0 radical (unpaired) electrons. The minimum Gasteiger partial charge on any atom is -0.495 e. The predicted molar refractivity (Wildman–Crippen MR) is 73.7 cm³/mol. The molecule has 0 aliphatic rings. The summed E-state index contributed by atoms with van der Waals surface area (Å²) in [6.45, 7) is 0. The van der Waals surface area contributed by atoms with Crippen LogP contribution in [0, 0.1) is 0 Å². The van der Waals surface area contributed by atoms with E-state index < -0.39 is 0 Å². The third-order valence-corrected chi connectivity index (χ3v) is 2.62. The molecule has 0 saturated heterocycles. The molecule has 0 aliphatic carbocycles. The number of ether oxygens (including phenoxy) is 2. The molecule has 0 aliphatic heterocycles. The summed E-state index contributed by atoms with van der Waals surface area (Å²) >= 11 is 0.